The molecule has 0 N–H and O–H groups in total. The maximum absolute atomic E-state index is 13.1. The summed E-state index contributed by atoms with van der Waals surface area (Å²) in [5.41, 5.74) is 2.31. The Labute approximate surface area is 180 Å². The van der Waals surface area contributed by atoms with Crippen LogP contribution in [0.25, 0.3) is 17.1 Å². The molecule has 8 heteroatoms. The second kappa shape index (κ2) is 8.51. The maximum atomic E-state index is 13.1. The molecule has 3 aromatic rings. The van der Waals surface area contributed by atoms with Gasteiger partial charge in [0.1, 0.15) is 0 Å². The molecule has 31 heavy (non-hydrogen) atoms. The lowest BCUT2D eigenvalue weighted by Gasteiger charge is -2.33. The van der Waals surface area contributed by atoms with Crippen LogP contribution in [-0.4, -0.2) is 57.3 Å². The molecule has 0 radical (unpaired) electrons. The van der Waals surface area contributed by atoms with Crippen molar-refractivity contribution >= 4 is 34.7 Å². The zero-order valence-corrected chi connectivity index (χ0v) is 18.0. The smallest absolute Gasteiger partial charge is 0.252 e. The molecular formula is C23H24N4O4. The van der Waals surface area contributed by atoms with Crippen LogP contribution >= 0.6 is 0 Å². The molecule has 1 aromatic heterocycles. The van der Waals surface area contributed by atoms with Gasteiger partial charge in [-0.1, -0.05) is 12.1 Å². The summed E-state index contributed by atoms with van der Waals surface area (Å²) in [7, 11) is 6.62. The number of carbonyl (C=O) groups excluding carboxylic acids is 1. The molecule has 2 heterocycles. The molecule has 0 spiro atoms. The van der Waals surface area contributed by atoms with Crippen LogP contribution in [0.4, 0.5) is 11.6 Å². The van der Waals surface area contributed by atoms with Crippen LogP contribution in [0.5, 0.6) is 17.2 Å². The van der Waals surface area contributed by atoms with Gasteiger partial charge in [-0.3, -0.25) is 9.69 Å². The molecule has 1 aliphatic rings. The molecule has 0 unspecified atom stereocenters. The van der Waals surface area contributed by atoms with E-state index in [2.05, 4.69) is 0 Å². The summed E-state index contributed by atoms with van der Waals surface area (Å²) in [4.78, 5) is 26.2. The minimum Gasteiger partial charge on any atom is -0.493 e. The van der Waals surface area contributed by atoms with Gasteiger partial charge in [0, 0.05) is 26.2 Å². The molecule has 0 aliphatic carbocycles. The monoisotopic (exact) mass is 420 g/mol. The fourth-order valence-corrected chi connectivity index (χ4v) is 3.55. The van der Waals surface area contributed by atoms with Crippen molar-refractivity contribution in [2.45, 2.75) is 0 Å². The van der Waals surface area contributed by atoms with E-state index in [1.54, 1.807) is 44.4 Å². The van der Waals surface area contributed by atoms with E-state index in [0.717, 1.165) is 16.6 Å². The van der Waals surface area contributed by atoms with E-state index < -0.39 is 0 Å². The van der Waals surface area contributed by atoms with Gasteiger partial charge in [-0.15, -0.1) is 0 Å². The van der Waals surface area contributed by atoms with Crippen LogP contribution in [0.3, 0.4) is 0 Å². The van der Waals surface area contributed by atoms with E-state index in [1.807, 2.05) is 36.2 Å². The van der Waals surface area contributed by atoms with Crippen LogP contribution in [0, 0.1) is 0 Å². The summed E-state index contributed by atoms with van der Waals surface area (Å²) in [5.74, 6) is 2.63. The minimum absolute atomic E-state index is 0.173. The van der Waals surface area contributed by atoms with Crippen molar-refractivity contribution in [2.75, 3.05) is 51.3 Å². The number of amides is 1. The number of anilines is 2. The first-order valence-corrected chi connectivity index (χ1v) is 9.83. The van der Waals surface area contributed by atoms with E-state index in [-0.39, 0.29) is 5.91 Å². The molecule has 0 saturated heterocycles. The minimum atomic E-state index is -0.173. The average Bonchev–Trinajstić information content (AvgIpc) is 2.81. The highest BCUT2D eigenvalue weighted by atomic mass is 16.5. The zero-order chi connectivity index (χ0) is 22.0. The van der Waals surface area contributed by atoms with Crippen LogP contribution in [0.15, 0.2) is 42.5 Å². The number of benzene rings is 2. The van der Waals surface area contributed by atoms with Gasteiger partial charge < -0.3 is 19.1 Å². The summed E-state index contributed by atoms with van der Waals surface area (Å²) in [6, 6.07) is 11.2. The number of hydrogen-bond acceptors (Lipinski definition) is 7. The molecule has 0 fully saturated rings. The molecule has 1 amide bonds. The Kier molecular flexibility index (Phi) is 5.62. The maximum Gasteiger partial charge on any atom is 0.252 e. The van der Waals surface area contributed by atoms with Crippen molar-refractivity contribution in [3.05, 3.63) is 48.0 Å². The summed E-state index contributed by atoms with van der Waals surface area (Å²) >= 11 is 0. The Morgan fingerprint density at radius 1 is 0.935 bits per heavy atom. The van der Waals surface area contributed by atoms with Crippen molar-refractivity contribution in [1.82, 2.24) is 9.97 Å². The van der Waals surface area contributed by atoms with Gasteiger partial charge in [0.2, 0.25) is 5.75 Å². The van der Waals surface area contributed by atoms with Crippen molar-refractivity contribution in [1.29, 1.82) is 0 Å². The molecule has 1 aliphatic heterocycles. The van der Waals surface area contributed by atoms with Gasteiger partial charge in [-0.05, 0) is 35.9 Å². The van der Waals surface area contributed by atoms with Crippen LogP contribution in [-0.2, 0) is 4.79 Å². The predicted octanol–water partition coefficient (Wildman–Crippen LogP) is 3.15. The Hall–Kier alpha value is -3.81. The summed E-state index contributed by atoms with van der Waals surface area (Å²) in [6.45, 7) is 1.19. The van der Waals surface area contributed by atoms with Gasteiger partial charge in [-0.2, -0.15) is 0 Å². The van der Waals surface area contributed by atoms with Crippen molar-refractivity contribution in [3.63, 3.8) is 0 Å². The molecule has 2 aromatic carbocycles. The fourth-order valence-electron chi connectivity index (χ4n) is 3.55. The third kappa shape index (κ3) is 3.84. The van der Waals surface area contributed by atoms with Gasteiger partial charge >= 0.3 is 0 Å². The second-order valence-corrected chi connectivity index (χ2v) is 7.06. The number of carbonyl (C=O) groups is 1. The highest BCUT2D eigenvalue weighted by Crippen LogP contribution is 2.38. The Balaban J connectivity index is 1.66. The summed E-state index contributed by atoms with van der Waals surface area (Å²) in [5, 5.41) is 0. The topological polar surface area (TPSA) is 77.0 Å². The zero-order valence-electron chi connectivity index (χ0n) is 18.0. The SMILES string of the molecule is COc1cc(/C=C/C(=O)N2CCN(C)c3nc4ccccc4nc32)cc(OC)c1OC. The quantitative estimate of drug-likeness (QED) is 0.587. The number of para-hydroxylation sites is 2. The van der Waals surface area contributed by atoms with Crippen molar-refractivity contribution in [2.24, 2.45) is 0 Å². The third-order valence-electron chi connectivity index (χ3n) is 5.18. The first-order chi connectivity index (χ1) is 15.0. The first-order valence-electron chi connectivity index (χ1n) is 9.83. The van der Waals surface area contributed by atoms with E-state index >= 15 is 0 Å². The lowest BCUT2D eigenvalue weighted by molar-refractivity contribution is -0.114. The molecule has 0 atom stereocenters. The van der Waals surface area contributed by atoms with Gasteiger partial charge in [-0.25, -0.2) is 9.97 Å². The van der Waals surface area contributed by atoms with E-state index in [4.69, 9.17) is 24.2 Å². The highest BCUT2D eigenvalue weighted by molar-refractivity contribution is 6.06. The number of rotatable bonds is 5. The number of aromatic nitrogens is 2. The number of likely N-dealkylation sites (N-methyl/N-ethyl adjacent to an activating group) is 1. The first kappa shape index (κ1) is 20.5. The lowest BCUT2D eigenvalue weighted by Crippen LogP contribution is -2.43. The number of hydrogen-bond donors (Lipinski definition) is 0. The highest BCUT2D eigenvalue weighted by Gasteiger charge is 2.27. The summed E-state index contributed by atoms with van der Waals surface area (Å²) < 4.78 is 16.1. The van der Waals surface area contributed by atoms with Crippen LogP contribution < -0.4 is 24.0 Å². The fraction of sp³-hybridized carbons (Fsp3) is 0.261. The normalized spacial score (nSPS) is 13.4. The standard InChI is InChI=1S/C23H24N4O4/c1-26-11-12-27(23-22(26)24-16-7-5-6-8-17(16)25-23)20(28)10-9-15-13-18(29-2)21(31-4)19(14-15)30-3/h5-10,13-14H,11-12H2,1-4H3/b10-9+. The molecule has 4 rings (SSSR count). The van der Waals surface area contributed by atoms with Crippen LogP contribution in [0.2, 0.25) is 0 Å². The van der Waals surface area contributed by atoms with E-state index in [9.17, 15) is 4.79 Å². The van der Waals surface area contributed by atoms with Crippen molar-refractivity contribution < 1.29 is 19.0 Å². The largest absolute Gasteiger partial charge is 0.493 e. The lowest BCUT2D eigenvalue weighted by atomic mass is 10.1. The van der Waals surface area contributed by atoms with E-state index in [1.165, 1.54) is 6.08 Å². The Morgan fingerprint density at radius 3 is 2.13 bits per heavy atom. The summed E-state index contributed by atoms with van der Waals surface area (Å²) in [6.07, 6.45) is 3.24. The number of nitrogens with zero attached hydrogens (tertiary/aromatic N) is 4. The van der Waals surface area contributed by atoms with E-state index in [0.29, 0.717) is 42.0 Å². The second-order valence-electron chi connectivity index (χ2n) is 7.06. The van der Waals surface area contributed by atoms with Gasteiger partial charge in [0.05, 0.1) is 32.4 Å². The Morgan fingerprint density at radius 2 is 1.55 bits per heavy atom. The number of ether oxygens (including phenoxy) is 3. The Bertz CT molecular complexity index is 1140. The molecule has 160 valence electrons. The number of fused-ring (bicyclic) bond motifs is 2. The van der Waals surface area contributed by atoms with Gasteiger partial charge in [0.25, 0.3) is 5.91 Å². The van der Waals surface area contributed by atoms with Crippen molar-refractivity contribution in [3.8, 4) is 17.2 Å². The predicted molar refractivity (Wildman–Crippen MR) is 120 cm³/mol. The molecular weight excluding hydrogens is 396 g/mol. The third-order valence-corrected chi connectivity index (χ3v) is 5.18. The average molecular weight is 420 g/mol. The molecule has 8 nitrogen and oxygen atoms in total. The number of methoxy groups -OCH3 is 3. The molecule has 0 bridgehead atoms. The van der Waals surface area contributed by atoms with Crippen LogP contribution in [0.1, 0.15) is 5.56 Å². The molecule has 0 saturated carbocycles. The van der Waals surface area contributed by atoms with Gasteiger partial charge in [0.15, 0.2) is 23.1 Å².